The molecule has 4 heterocycles. The van der Waals surface area contributed by atoms with E-state index < -0.39 is 30.0 Å². The van der Waals surface area contributed by atoms with Crippen LogP contribution in [0.15, 0.2) is 29.2 Å². The fraction of sp³-hybridized carbons (Fsp3) is 0.524. The number of carbonyl (C=O) groups excluding carboxylic acids is 1. The summed E-state index contributed by atoms with van der Waals surface area (Å²) in [6.07, 6.45) is -2.38. The van der Waals surface area contributed by atoms with Crippen molar-refractivity contribution in [1.82, 2.24) is 25.0 Å². The van der Waals surface area contributed by atoms with Crippen molar-refractivity contribution in [3.05, 3.63) is 46.0 Å². The topological polar surface area (TPSA) is 94.7 Å². The highest BCUT2D eigenvalue weighted by Gasteiger charge is 2.37. The summed E-state index contributed by atoms with van der Waals surface area (Å²) in [4.78, 5) is 33.9. The van der Waals surface area contributed by atoms with Gasteiger partial charge < -0.3 is 14.5 Å². The molecule has 0 saturated carbocycles. The highest BCUT2D eigenvalue weighted by atomic mass is 19.4. The Kier molecular flexibility index (Phi) is 7.19. The fourth-order valence-electron chi connectivity index (χ4n) is 4.34. The largest absolute Gasteiger partial charge is 0.433 e. The maximum absolute atomic E-state index is 13.1. The third-order valence-electron chi connectivity index (χ3n) is 6.07. The Morgan fingerprint density at radius 2 is 1.91 bits per heavy atom. The molecule has 4 rings (SSSR count). The van der Waals surface area contributed by atoms with Crippen molar-refractivity contribution in [2.45, 2.75) is 31.7 Å². The second-order valence-electron chi connectivity index (χ2n) is 8.26. The molecule has 0 bridgehead atoms. The SMILES string of the molecule is O=C(CN1CCCC1c1cc(C(F)(F)F)c(=O)[nH]n1)N1CCN(c2ccc(OC(F)F)cn2)CC1. The number of nitrogens with one attached hydrogen (secondary N) is 1. The molecule has 35 heavy (non-hydrogen) atoms. The van der Waals surface area contributed by atoms with Gasteiger partial charge in [0.05, 0.1) is 24.5 Å². The lowest BCUT2D eigenvalue weighted by molar-refractivity contribution is -0.139. The van der Waals surface area contributed by atoms with Gasteiger partial charge in [-0.05, 0) is 37.6 Å². The molecule has 1 amide bonds. The molecule has 2 aromatic heterocycles. The minimum absolute atomic E-state index is 0.0186. The summed E-state index contributed by atoms with van der Waals surface area (Å²) < 4.78 is 68.2. The molecule has 0 aliphatic carbocycles. The molecule has 9 nitrogen and oxygen atoms in total. The quantitative estimate of drug-likeness (QED) is 0.606. The summed E-state index contributed by atoms with van der Waals surface area (Å²) in [7, 11) is 0. The predicted octanol–water partition coefficient (Wildman–Crippen LogP) is 2.27. The Bertz CT molecular complexity index is 1090. The van der Waals surface area contributed by atoms with Crippen LogP contribution in [0.1, 0.15) is 30.1 Å². The second kappa shape index (κ2) is 10.1. The molecule has 0 radical (unpaired) electrons. The van der Waals surface area contributed by atoms with Gasteiger partial charge in [0.1, 0.15) is 17.1 Å². The monoisotopic (exact) mass is 502 g/mol. The third kappa shape index (κ3) is 5.86. The molecule has 0 spiro atoms. The Hall–Kier alpha value is -3.29. The zero-order valence-corrected chi connectivity index (χ0v) is 18.5. The van der Waals surface area contributed by atoms with Crippen LogP contribution in [0.2, 0.25) is 0 Å². The smallest absolute Gasteiger partial charge is 0.421 e. The van der Waals surface area contributed by atoms with Crippen molar-refractivity contribution in [3.63, 3.8) is 0 Å². The number of piperazine rings is 1. The summed E-state index contributed by atoms with van der Waals surface area (Å²) in [6, 6.07) is 3.22. The molecule has 2 fully saturated rings. The lowest BCUT2D eigenvalue weighted by Crippen LogP contribution is -2.51. The lowest BCUT2D eigenvalue weighted by atomic mass is 10.1. The van der Waals surface area contributed by atoms with Gasteiger partial charge in [-0.3, -0.25) is 14.5 Å². The number of hydrogen-bond acceptors (Lipinski definition) is 7. The van der Waals surface area contributed by atoms with Crippen molar-refractivity contribution in [2.24, 2.45) is 0 Å². The number of amides is 1. The van der Waals surface area contributed by atoms with E-state index in [4.69, 9.17) is 0 Å². The molecule has 14 heteroatoms. The van der Waals surface area contributed by atoms with E-state index in [0.29, 0.717) is 51.4 Å². The molecule has 1 unspecified atom stereocenters. The van der Waals surface area contributed by atoms with E-state index in [0.717, 1.165) is 6.07 Å². The Morgan fingerprint density at radius 3 is 2.54 bits per heavy atom. The predicted molar refractivity (Wildman–Crippen MR) is 113 cm³/mol. The van der Waals surface area contributed by atoms with Crippen LogP contribution in [0.3, 0.4) is 0 Å². The fourth-order valence-corrected chi connectivity index (χ4v) is 4.34. The number of ether oxygens (including phenoxy) is 1. The van der Waals surface area contributed by atoms with Gasteiger partial charge in [0.2, 0.25) is 5.91 Å². The Labute approximate surface area is 196 Å². The first kappa shape index (κ1) is 24.8. The van der Waals surface area contributed by atoms with Crippen LogP contribution >= 0.6 is 0 Å². The van der Waals surface area contributed by atoms with Gasteiger partial charge in [-0.2, -0.15) is 27.1 Å². The van der Waals surface area contributed by atoms with Crippen molar-refractivity contribution in [3.8, 4) is 5.75 Å². The van der Waals surface area contributed by atoms with Gasteiger partial charge in [-0.15, -0.1) is 0 Å². The number of H-pyrrole nitrogens is 1. The number of alkyl halides is 5. The van der Waals surface area contributed by atoms with Gasteiger partial charge in [-0.1, -0.05) is 0 Å². The van der Waals surface area contributed by atoms with Gasteiger partial charge in [-0.25, -0.2) is 10.1 Å². The molecule has 2 aliphatic heterocycles. The number of hydrogen-bond donors (Lipinski definition) is 1. The van der Waals surface area contributed by atoms with E-state index in [9.17, 15) is 31.5 Å². The highest BCUT2D eigenvalue weighted by molar-refractivity contribution is 5.78. The molecular weight excluding hydrogens is 479 g/mol. The van der Waals surface area contributed by atoms with Gasteiger partial charge in [0.15, 0.2) is 0 Å². The van der Waals surface area contributed by atoms with E-state index in [1.807, 2.05) is 10.00 Å². The van der Waals surface area contributed by atoms with E-state index in [1.165, 1.54) is 12.3 Å². The van der Waals surface area contributed by atoms with Gasteiger partial charge in [0.25, 0.3) is 5.56 Å². The first-order valence-corrected chi connectivity index (χ1v) is 11.0. The van der Waals surface area contributed by atoms with Crippen molar-refractivity contribution >= 4 is 11.7 Å². The first-order chi connectivity index (χ1) is 16.6. The molecular formula is C21H23F5N6O3. The van der Waals surface area contributed by atoms with Crippen LogP contribution in [-0.2, 0) is 11.0 Å². The molecule has 0 aromatic carbocycles. The minimum Gasteiger partial charge on any atom is -0.433 e. The van der Waals surface area contributed by atoms with Crippen molar-refractivity contribution in [1.29, 1.82) is 0 Å². The average Bonchev–Trinajstić information content (AvgIpc) is 3.27. The Morgan fingerprint density at radius 1 is 1.17 bits per heavy atom. The average molecular weight is 502 g/mol. The summed E-state index contributed by atoms with van der Waals surface area (Å²) >= 11 is 0. The summed E-state index contributed by atoms with van der Waals surface area (Å²) in [5.74, 6) is 0.366. The van der Waals surface area contributed by atoms with E-state index in [2.05, 4.69) is 14.8 Å². The van der Waals surface area contributed by atoms with Crippen LogP contribution in [0.4, 0.5) is 27.8 Å². The van der Waals surface area contributed by atoms with Crippen molar-refractivity contribution < 1.29 is 31.5 Å². The highest BCUT2D eigenvalue weighted by Crippen LogP contribution is 2.33. The zero-order valence-electron chi connectivity index (χ0n) is 18.5. The van der Waals surface area contributed by atoms with E-state index >= 15 is 0 Å². The van der Waals surface area contributed by atoms with Gasteiger partial charge >= 0.3 is 12.8 Å². The second-order valence-corrected chi connectivity index (χ2v) is 8.26. The third-order valence-corrected chi connectivity index (χ3v) is 6.07. The number of aromatic amines is 1. The number of likely N-dealkylation sites (tertiary alicyclic amines) is 1. The molecule has 1 N–H and O–H groups in total. The number of anilines is 1. The standard InChI is InChI=1S/C21H23F5N6O3/c22-20(23)35-13-3-4-17(27-11-13)30-6-8-31(9-7-30)18(33)12-32-5-1-2-16(32)15-10-14(21(24,25)26)19(34)29-28-15/h3-4,10-11,16,20H,1-2,5-9,12H2,(H,29,34). The van der Waals surface area contributed by atoms with Crippen LogP contribution in [0.5, 0.6) is 5.75 Å². The number of aromatic nitrogens is 3. The van der Waals surface area contributed by atoms with Crippen LogP contribution in [-0.4, -0.2) is 76.8 Å². The normalized spacial score (nSPS) is 19.4. The maximum Gasteiger partial charge on any atom is 0.421 e. The lowest BCUT2D eigenvalue weighted by Gasteiger charge is -2.36. The first-order valence-electron chi connectivity index (χ1n) is 11.0. The van der Waals surface area contributed by atoms with Gasteiger partial charge in [0, 0.05) is 26.2 Å². The molecule has 2 aromatic rings. The maximum atomic E-state index is 13.1. The number of rotatable bonds is 6. The Balaban J connectivity index is 1.34. The summed E-state index contributed by atoms with van der Waals surface area (Å²) in [5, 5.41) is 5.72. The van der Waals surface area contributed by atoms with Crippen LogP contribution in [0.25, 0.3) is 0 Å². The van der Waals surface area contributed by atoms with Crippen LogP contribution < -0.4 is 15.2 Å². The molecule has 2 saturated heterocycles. The van der Waals surface area contributed by atoms with E-state index in [-0.39, 0.29) is 23.9 Å². The minimum atomic E-state index is -4.80. The van der Waals surface area contributed by atoms with Crippen LogP contribution in [0, 0.1) is 0 Å². The number of nitrogens with zero attached hydrogens (tertiary/aromatic N) is 5. The molecule has 2 aliphatic rings. The van der Waals surface area contributed by atoms with E-state index in [1.54, 1.807) is 15.9 Å². The molecule has 190 valence electrons. The number of carbonyl (C=O) groups is 1. The number of pyridine rings is 1. The molecule has 1 atom stereocenters. The van der Waals surface area contributed by atoms with Crippen molar-refractivity contribution in [2.75, 3.05) is 44.2 Å². The summed E-state index contributed by atoms with van der Waals surface area (Å²) in [5.41, 5.74) is -2.53. The summed E-state index contributed by atoms with van der Waals surface area (Å²) in [6.45, 7) is -0.618. The number of halogens is 5. The zero-order chi connectivity index (χ0) is 25.2.